The lowest BCUT2D eigenvalue weighted by Gasteiger charge is -2.12. The normalized spacial score (nSPS) is 12.8. The predicted molar refractivity (Wildman–Crippen MR) is 51.6 cm³/mol. The fraction of sp³-hybridized carbons (Fsp3) is 0.700. The monoisotopic (exact) mass is 186 g/mol. The topological polar surface area (TPSA) is 35.5 Å². The SMILES string of the molecule is C/C=C\C(CCC)OC(=O)OCC. The van der Waals surface area contributed by atoms with E-state index in [1.165, 1.54) is 0 Å². The third-order valence-corrected chi connectivity index (χ3v) is 1.49. The van der Waals surface area contributed by atoms with E-state index < -0.39 is 6.16 Å². The molecule has 0 radical (unpaired) electrons. The Morgan fingerprint density at radius 3 is 2.62 bits per heavy atom. The molecule has 3 nitrogen and oxygen atoms in total. The summed E-state index contributed by atoms with van der Waals surface area (Å²) in [6.45, 7) is 6.06. The number of rotatable bonds is 5. The lowest BCUT2D eigenvalue weighted by Crippen LogP contribution is -2.16. The Hall–Kier alpha value is -0.990. The molecule has 1 unspecified atom stereocenters. The zero-order valence-electron chi connectivity index (χ0n) is 8.58. The van der Waals surface area contributed by atoms with Gasteiger partial charge in [0.2, 0.25) is 0 Å². The Labute approximate surface area is 79.7 Å². The van der Waals surface area contributed by atoms with Gasteiger partial charge in [-0.2, -0.15) is 0 Å². The van der Waals surface area contributed by atoms with E-state index >= 15 is 0 Å². The Morgan fingerprint density at radius 2 is 2.15 bits per heavy atom. The van der Waals surface area contributed by atoms with Gasteiger partial charge in [-0.15, -0.1) is 0 Å². The fourth-order valence-electron chi connectivity index (χ4n) is 0.969. The molecule has 0 spiro atoms. The minimum Gasteiger partial charge on any atom is -0.435 e. The van der Waals surface area contributed by atoms with Gasteiger partial charge in [0.05, 0.1) is 6.61 Å². The summed E-state index contributed by atoms with van der Waals surface area (Å²) in [6, 6.07) is 0. The number of allylic oxidation sites excluding steroid dienone is 1. The Morgan fingerprint density at radius 1 is 1.46 bits per heavy atom. The summed E-state index contributed by atoms with van der Waals surface area (Å²) in [5, 5.41) is 0. The zero-order valence-corrected chi connectivity index (χ0v) is 8.58. The van der Waals surface area contributed by atoms with Crippen LogP contribution in [0, 0.1) is 0 Å². The summed E-state index contributed by atoms with van der Waals surface area (Å²) in [6.07, 6.45) is 4.82. The van der Waals surface area contributed by atoms with Gasteiger partial charge in [-0.1, -0.05) is 19.4 Å². The van der Waals surface area contributed by atoms with E-state index in [9.17, 15) is 4.79 Å². The second-order valence-corrected chi connectivity index (χ2v) is 2.65. The van der Waals surface area contributed by atoms with Crippen molar-refractivity contribution in [3.8, 4) is 0 Å². The summed E-state index contributed by atoms with van der Waals surface area (Å²) in [5.74, 6) is 0. The molecule has 0 aliphatic heterocycles. The number of carbonyl (C=O) groups excluding carboxylic acids is 1. The van der Waals surface area contributed by atoms with Crippen LogP contribution in [0.25, 0.3) is 0 Å². The molecule has 76 valence electrons. The third kappa shape index (κ3) is 6.20. The van der Waals surface area contributed by atoms with Gasteiger partial charge in [0.1, 0.15) is 6.10 Å². The smallest absolute Gasteiger partial charge is 0.435 e. The van der Waals surface area contributed by atoms with E-state index in [4.69, 9.17) is 4.74 Å². The maximum atomic E-state index is 10.9. The fourth-order valence-corrected chi connectivity index (χ4v) is 0.969. The van der Waals surface area contributed by atoms with Gasteiger partial charge in [-0.3, -0.25) is 0 Å². The van der Waals surface area contributed by atoms with Crippen molar-refractivity contribution in [3.05, 3.63) is 12.2 Å². The van der Waals surface area contributed by atoms with Crippen LogP contribution in [-0.4, -0.2) is 18.9 Å². The van der Waals surface area contributed by atoms with Crippen LogP contribution in [0.3, 0.4) is 0 Å². The van der Waals surface area contributed by atoms with Crippen molar-refractivity contribution in [2.45, 2.75) is 39.7 Å². The van der Waals surface area contributed by atoms with Crippen molar-refractivity contribution >= 4 is 6.16 Å². The van der Waals surface area contributed by atoms with Crippen LogP contribution < -0.4 is 0 Å². The summed E-state index contributed by atoms with van der Waals surface area (Å²) < 4.78 is 9.69. The van der Waals surface area contributed by atoms with Crippen LogP contribution in [0.4, 0.5) is 4.79 Å². The van der Waals surface area contributed by atoms with Crippen molar-refractivity contribution in [2.24, 2.45) is 0 Å². The number of hydrogen-bond acceptors (Lipinski definition) is 3. The molecule has 0 bridgehead atoms. The first-order chi connectivity index (χ1) is 6.24. The largest absolute Gasteiger partial charge is 0.508 e. The van der Waals surface area contributed by atoms with E-state index in [1.807, 2.05) is 26.0 Å². The average Bonchev–Trinajstić information content (AvgIpc) is 2.05. The molecule has 0 N–H and O–H groups in total. The van der Waals surface area contributed by atoms with Gasteiger partial charge >= 0.3 is 6.16 Å². The zero-order chi connectivity index (χ0) is 10.1. The lowest BCUT2D eigenvalue weighted by molar-refractivity contribution is 0.0381. The number of hydrogen-bond donors (Lipinski definition) is 0. The molecule has 0 aromatic carbocycles. The van der Waals surface area contributed by atoms with E-state index in [-0.39, 0.29) is 6.10 Å². The van der Waals surface area contributed by atoms with Crippen LogP contribution in [0.5, 0.6) is 0 Å². The standard InChI is InChI=1S/C10H18O3/c1-4-7-9(8-5-2)13-10(11)12-6-3/h4,7,9H,5-6,8H2,1-3H3/b7-4-. The molecule has 0 aromatic rings. The number of ether oxygens (including phenoxy) is 2. The second kappa shape index (κ2) is 7.65. The maximum Gasteiger partial charge on any atom is 0.508 e. The highest BCUT2D eigenvalue weighted by atomic mass is 16.7. The van der Waals surface area contributed by atoms with Gasteiger partial charge in [-0.05, 0) is 26.3 Å². The molecular formula is C10H18O3. The van der Waals surface area contributed by atoms with Crippen molar-refractivity contribution in [2.75, 3.05) is 6.61 Å². The van der Waals surface area contributed by atoms with Gasteiger partial charge in [-0.25, -0.2) is 4.79 Å². The highest BCUT2D eigenvalue weighted by Crippen LogP contribution is 2.05. The third-order valence-electron chi connectivity index (χ3n) is 1.49. The Balaban J connectivity index is 3.86. The first-order valence-corrected chi connectivity index (χ1v) is 4.70. The predicted octanol–water partition coefficient (Wildman–Crippen LogP) is 2.90. The quantitative estimate of drug-likeness (QED) is 0.489. The lowest BCUT2D eigenvalue weighted by atomic mass is 10.2. The van der Waals surface area contributed by atoms with E-state index in [0.717, 1.165) is 12.8 Å². The Bertz CT molecular complexity index is 164. The van der Waals surface area contributed by atoms with Crippen molar-refractivity contribution < 1.29 is 14.3 Å². The van der Waals surface area contributed by atoms with Gasteiger partial charge in [0, 0.05) is 0 Å². The van der Waals surface area contributed by atoms with Crippen molar-refractivity contribution in [1.82, 2.24) is 0 Å². The molecule has 0 aliphatic carbocycles. The van der Waals surface area contributed by atoms with Crippen LogP contribution in [0.1, 0.15) is 33.6 Å². The minimum absolute atomic E-state index is 0.144. The molecule has 0 aliphatic rings. The Kier molecular flexibility index (Phi) is 7.07. The maximum absolute atomic E-state index is 10.9. The van der Waals surface area contributed by atoms with E-state index in [0.29, 0.717) is 6.61 Å². The van der Waals surface area contributed by atoms with Gasteiger partial charge in [0.25, 0.3) is 0 Å². The average molecular weight is 186 g/mol. The van der Waals surface area contributed by atoms with Gasteiger partial charge in [0.15, 0.2) is 0 Å². The van der Waals surface area contributed by atoms with E-state index in [1.54, 1.807) is 6.92 Å². The molecule has 0 saturated carbocycles. The van der Waals surface area contributed by atoms with Crippen molar-refractivity contribution in [3.63, 3.8) is 0 Å². The summed E-state index contributed by atoms with van der Waals surface area (Å²) in [5.41, 5.74) is 0. The highest BCUT2D eigenvalue weighted by Gasteiger charge is 2.10. The van der Waals surface area contributed by atoms with E-state index in [2.05, 4.69) is 4.74 Å². The molecule has 13 heavy (non-hydrogen) atoms. The first-order valence-electron chi connectivity index (χ1n) is 4.70. The molecule has 0 aromatic heterocycles. The summed E-state index contributed by atoms with van der Waals surface area (Å²) in [4.78, 5) is 10.9. The minimum atomic E-state index is -0.584. The molecule has 0 heterocycles. The van der Waals surface area contributed by atoms with Crippen LogP contribution in [-0.2, 0) is 9.47 Å². The molecule has 0 saturated heterocycles. The second-order valence-electron chi connectivity index (χ2n) is 2.65. The van der Waals surface area contributed by atoms with Crippen LogP contribution >= 0.6 is 0 Å². The molecule has 3 heteroatoms. The first kappa shape index (κ1) is 12.0. The number of carbonyl (C=O) groups is 1. The van der Waals surface area contributed by atoms with Crippen LogP contribution in [0.2, 0.25) is 0 Å². The highest BCUT2D eigenvalue weighted by molar-refractivity contribution is 5.60. The molecule has 1 atom stereocenters. The summed E-state index contributed by atoms with van der Waals surface area (Å²) in [7, 11) is 0. The van der Waals surface area contributed by atoms with Crippen molar-refractivity contribution in [1.29, 1.82) is 0 Å². The molecular weight excluding hydrogens is 168 g/mol. The molecule has 0 fully saturated rings. The van der Waals surface area contributed by atoms with Gasteiger partial charge < -0.3 is 9.47 Å². The molecule has 0 rings (SSSR count). The van der Waals surface area contributed by atoms with Crippen LogP contribution in [0.15, 0.2) is 12.2 Å². The summed E-state index contributed by atoms with van der Waals surface area (Å²) >= 11 is 0. The molecule has 0 amide bonds.